The molecule has 0 saturated heterocycles. The zero-order valence-electron chi connectivity index (χ0n) is 19.4. The molecule has 0 spiro atoms. The Kier molecular flexibility index (Phi) is 6.07. The van der Waals surface area contributed by atoms with E-state index in [2.05, 4.69) is 10.0 Å². The van der Waals surface area contributed by atoms with E-state index in [0.717, 1.165) is 10.8 Å². The summed E-state index contributed by atoms with van der Waals surface area (Å²) in [7, 11) is -3.82. The minimum absolute atomic E-state index is 0.0474. The molecule has 1 aliphatic rings. The molecule has 0 radical (unpaired) electrons. The van der Waals surface area contributed by atoms with Crippen LogP contribution in [0.15, 0.2) is 89.8 Å². The first-order chi connectivity index (χ1) is 17.4. The van der Waals surface area contributed by atoms with Gasteiger partial charge in [-0.3, -0.25) is 19.2 Å². The quantitative estimate of drug-likeness (QED) is 0.366. The Labute approximate surface area is 208 Å². The minimum Gasteiger partial charge on any atom is -0.494 e. The maximum absolute atomic E-state index is 12.9. The van der Waals surface area contributed by atoms with E-state index in [4.69, 9.17) is 4.74 Å². The second kappa shape index (κ2) is 9.35. The molecule has 36 heavy (non-hydrogen) atoms. The number of ether oxygens (including phenoxy) is 1. The number of hydrogen-bond donors (Lipinski definition) is 2. The standard InChI is InChI=1S/C27H23N3O5S/c1-2-35-21-13-9-20(10-14-21)29-36(33,34)22-15-11-19(12-16-22)28-25(31)17-30-24-8-4-6-18-5-3-7-23(26(18)24)27(30)32/h3-16,29H,2,17H2,1H3,(H,28,31). The molecular weight excluding hydrogens is 478 g/mol. The zero-order valence-corrected chi connectivity index (χ0v) is 20.2. The number of benzene rings is 4. The van der Waals surface area contributed by atoms with Gasteiger partial charge in [0.15, 0.2) is 0 Å². The molecule has 0 aliphatic carbocycles. The highest BCUT2D eigenvalue weighted by atomic mass is 32.2. The van der Waals surface area contributed by atoms with Crippen LogP contribution in [0.2, 0.25) is 0 Å². The Morgan fingerprint density at radius 2 is 1.56 bits per heavy atom. The van der Waals surface area contributed by atoms with Gasteiger partial charge >= 0.3 is 0 Å². The molecule has 2 amide bonds. The number of sulfonamides is 1. The molecule has 4 aromatic carbocycles. The first-order valence-corrected chi connectivity index (χ1v) is 12.8. The Hall–Kier alpha value is -4.37. The number of rotatable bonds is 8. The highest BCUT2D eigenvalue weighted by molar-refractivity contribution is 7.92. The number of hydrogen-bond acceptors (Lipinski definition) is 5. The number of carbonyl (C=O) groups excluding carboxylic acids is 2. The maximum Gasteiger partial charge on any atom is 0.261 e. The van der Waals surface area contributed by atoms with Gasteiger partial charge in [-0.15, -0.1) is 0 Å². The smallest absolute Gasteiger partial charge is 0.261 e. The molecule has 8 nitrogen and oxygen atoms in total. The zero-order chi connectivity index (χ0) is 25.3. The molecule has 0 fully saturated rings. The normalized spacial score (nSPS) is 12.6. The molecular formula is C27H23N3O5S. The first kappa shape index (κ1) is 23.4. The average molecular weight is 502 g/mol. The molecule has 4 aromatic rings. The summed E-state index contributed by atoms with van der Waals surface area (Å²) in [5.41, 5.74) is 2.10. The van der Waals surface area contributed by atoms with E-state index in [-0.39, 0.29) is 17.3 Å². The van der Waals surface area contributed by atoms with Crippen LogP contribution in [0, 0.1) is 0 Å². The van der Waals surface area contributed by atoms with Gasteiger partial charge in [0, 0.05) is 22.3 Å². The van der Waals surface area contributed by atoms with E-state index >= 15 is 0 Å². The van der Waals surface area contributed by atoms with Gasteiger partial charge in [0.05, 0.1) is 17.2 Å². The summed E-state index contributed by atoms with van der Waals surface area (Å²) in [5, 5.41) is 4.51. The highest BCUT2D eigenvalue weighted by Crippen LogP contribution is 2.37. The topological polar surface area (TPSA) is 105 Å². The van der Waals surface area contributed by atoms with Crippen LogP contribution in [-0.2, 0) is 14.8 Å². The second-order valence-electron chi connectivity index (χ2n) is 8.21. The third-order valence-electron chi connectivity index (χ3n) is 5.82. The van der Waals surface area contributed by atoms with E-state index in [0.29, 0.717) is 35.0 Å². The van der Waals surface area contributed by atoms with Crippen LogP contribution < -0.4 is 19.7 Å². The lowest BCUT2D eigenvalue weighted by Crippen LogP contribution is -2.35. The molecule has 0 saturated carbocycles. The van der Waals surface area contributed by atoms with Crippen molar-refractivity contribution in [3.8, 4) is 5.75 Å². The van der Waals surface area contributed by atoms with E-state index in [1.54, 1.807) is 30.3 Å². The van der Waals surface area contributed by atoms with Crippen molar-refractivity contribution in [2.75, 3.05) is 28.1 Å². The van der Waals surface area contributed by atoms with Crippen molar-refractivity contribution in [2.24, 2.45) is 0 Å². The SMILES string of the molecule is CCOc1ccc(NS(=O)(=O)c2ccc(NC(=O)CN3C(=O)c4cccc5cccc3c45)cc2)cc1. The van der Waals surface area contributed by atoms with Crippen molar-refractivity contribution in [1.82, 2.24) is 0 Å². The van der Waals surface area contributed by atoms with Gasteiger partial charge in [0.1, 0.15) is 12.3 Å². The maximum atomic E-state index is 12.9. The van der Waals surface area contributed by atoms with E-state index in [9.17, 15) is 18.0 Å². The van der Waals surface area contributed by atoms with Crippen molar-refractivity contribution < 1.29 is 22.7 Å². The van der Waals surface area contributed by atoms with Crippen LogP contribution in [-0.4, -0.2) is 33.4 Å². The molecule has 182 valence electrons. The summed E-state index contributed by atoms with van der Waals surface area (Å²) in [6.45, 7) is 2.23. The van der Waals surface area contributed by atoms with Gasteiger partial charge in [-0.05, 0) is 73.0 Å². The molecule has 0 atom stereocenters. The number of amides is 2. The van der Waals surface area contributed by atoms with Gasteiger partial charge in [-0.25, -0.2) is 8.42 Å². The largest absolute Gasteiger partial charge is 0.494 e. The number of carbonyl (C=O) groups is 2. The number of nitrogens with zero attached hydrogens (tertiary/aromatic N) is 1. The third-order valence-corrected chi connectivity index (χ3v) is 7.21. The second-order valence-corrected chi connectivity index (χ2v) is 9.89. The van der Waals surface area contributed by atoms with Crippen molar-refractivity contribution in [3.05, 3.63) is 90.5 Å². The van der Waals surface area contributed by atoms with E-state index in [1.165, 1.54) is 29.2 Å². The molecule has 1 heterocycles. The van der Waals surface area contributed by atoms with Gasteiger partial charge in [-0.2, -0.15) is 0 Å². The molecule has 5 rings (SSSR count). The Morgan fingerprint density at radius 3 is 2.25 bits per heavy atom. The van der Waals surface area contributed by atoms with Crippen LogP contribution in [0.25, 0.3) is 10.8 Å². The lowest BCUT2D eigenvalue weighted by atomic mass is 10.1. The summed E-state index contributed by atoms with van der Waals surface area (Å²) in [6.07, 6.45) is 0. The summed E-state index contributed by atoms with van der Waals surface area (Å²) in [5.74, 6) is 0.0340. The Balaban J connectivity index is 1.25. The van der Waals surface area contributed by atoms with Gasteiger partial charge < -0.3 is 10.1 Å². The van der Waals surface area contributed by atoms with Crippen molar-refractivity contribution in [3.63, 3.8) is 0 Å². The van der Waals surface area contributed by atoms with Crippen LogP contribution >= 0.6 is 0 Å². The predicted molar refractivity (Wildman–Crippen MR) is 139 cm³/mol. The van der Waals surface area contributed by atoms with E-state index in [1.807, 2.05) is 37.3 Å². The van der Waals surface area contributed by atoms with Crippen LogP contribution in [0.1, 0.15) is 17.3 Å². The van der Waals surface area contributed by atoms with Crippen LogP contribution in [0.4, 0.5) is 17.1 Å². The van der Waals surface area contributed by atoms with Crippen molar-refractivity contribution in [2.45, 2.75) is 11.8 Å². The van der Waals surface area contributed by atoms with Gasteiger partial charge in [0.25, 0.3) is 15.9 Å². The monoisotopic (exact) mass is 501 g/mol. The lowest BCUT2D eigenvalue weighted by molar-refractivity contribution is -0.114. The molecule has 0 aromatic heterocycles. The Morgan fingerprint density at radius 1 is 0.889 bits per heavy atom. The fraction of sp³-hybridized carbons (Fsp3) is 0.111. The third kappa shape index (κ3) is 4.48. The molecule has 0 unspecified atom stereocenters. The summed E-state index contributed by atoms with van der Waals surface area (Å²) in [4.78, 5) is 27.1. The molecule has 2 N–H and O–H groups in total. The molecule has 0 bridgehead atoms. The fourth-order valence-electron chi connectivity index (χ4n) is 4.20. The minimum atomic E-state index is -3.82. The predicted octanol–water partition coefficient (Wildman–Crippen LogP) is 4.64. The number of anilines is 3. The van der Waals surface area contributed by atoms with Crippen molar-refractivity contribution >= 4 is 49.7 Å². The summed E-state index contributed by atoms with van der Waals surface area (Å²) in [6, 6.07) is 23.5. The van der Waals surface area contributed by atoms with E-state index < -0.39 is 15.9 Å². The fourth-order valence-corrected chi connectivity index (χ4v) is 5.26. The lowest BCUT2D eigenvalue weighted by Gasteiger charge is -2.17. The Bertz CT molecular complexity index is 1560. The first-order valence-electron chi connectivity index (χ1n) is 11.3. The van der Waals surface area contributed by atoms with Crippen LogP contribution in [0.3, 0.4) is 0 Å². The summed E-state index contributed by atoms with van der Waals surface area (Å²) >= 11 is 0. The van der Waals surface area contributed by atoms with Crippen molar-refractivity contribution in [1.29, 1.82) is 0 Å². The highest BCUT2D eigenvalue weighted by Gasteiger charge is 2.30. The van der Waals surface area contributed by atoms with Gasteiger partial charge in [0.2, 0.25) is 5.91 Å². The number of nitrogens with one attached hydrogen (secondary N) is 2. The average Bonchev–Trinajstić information content (AvgIpc) is 3.13. The summed E-state index contributed by atoms with van der Waals surface area (Å²) < 4.78 is 33.4. The molecule has 1 aliphatic heterocycles. The van der Waals surface area contributed by atoms with Crippen LogP contribution in [0.5, 0.6) is 5.75 Å². The molecule has 9 heteroatoms. The van der Waals surface area contributed by atoms with Gasteiger partial charge in [-0.1, -0.05) is 24.3 Å².